The second kappa shape index (κ2) is 7.69. The van der Waals surface area contributed by atoms with Crippen molar-refractivity contribution in [2.75, 3.05) is 29.9 Å². The fraction of sp³-hybridized carbons (Fsp3) is 0.571. The molecule has 0 saturated heterocycles. The van der Waals surface area contributed by atoms with Gasteiger partial charge in [-0.1, -0.05) is 6.07 Å². The SMILES string of the molecule is CCNc1cccc(N(CCCO)C(C)C)c1[N+](=O)[O-]. The van der Waals surface area contributed by atoms with Crippen molar-refractivity contribution in [2.45, 2.75) is 33.2 Å². The van der Waals surface area contributed by atoms with Crippen molar-refractivity contribution >= 4 is 17.1 Å². The Labute approximate surface area is 119 Å². The third-order valence-corrected chi connectivity index (χ3v) is 3.05. The van der Waals surface area contributed by atoms with E-state index in [9.17, 15) is 10.1 Å². The van der Waals surface area contributed by atoms with Crippen molar-refractivity contribution < 1.29 is 10.0 Å². The zero-order valence-electron chi connectivity index (χ0n) is 12.3. The number of nitrogens with zero attached hydrogens (tertiary/aromatic N) is 2. The first kappa shape index (κ1) is 16.2. The summed E-state index contributed by atoms with van der Waals surface area (Å²) in [6.45, 7) is 7.17. The number of aliphatic hydroxyl groups is 1. The molecule has 0 aromatic heterocycles. The number of para-hydroxylation sites is 1. The van der Waals surface area contributed by atoms with Crippen molar-refractivity contribution in [1.82, 2.24) is 0 Å². The van der Waals surface area contributed by atoms with Gasteiger partial charge >= 0.3 is 5.69 Å². The van der Waals surface area contributed by atoms with Crippen LogP contribution in [0.15, 0.2) is 18.2 Å². The molecule has 20 heavy (non-hydrogen) atoms. The Hall–Kier alpha value is -1.82. The molecule has 0 unspecified atom stereocenters. The minimum absolute atomic E-state index is 0.0733. The van der Waals surface area contributed by atoms with E-state index in [1.807, 2.05) is 31.7 Å². The third-order valence-electron chi connectivity index (χ3n) is 3.05. The molecule has 0 aliphatic rings. The van der Waals surface area contributed by atoms with Crippen LogP contribution in [0.3, 0.4) is 0 Å². The van der Waals surface area contributed by atoms with E-state index in [2.05, 4.69) is 5.32 Å². The van der Waals surface area contributed by atoms with Gasteiger partial charge in [-0.05, 0) is 39.3 Å². The maximum atomic E-state index is 11.4. The lowest BCUT2D eigenvalue weighted by atomic mass is 10.1. The lowest BCUT2D eigenvalue weighted by molar-refractivity contribution is -0.383. The molecular weight excluding hydrogens is 258 g/mol. The number of rotatable bonds is 8. The molecule has 112 valence electrons. The highest BCUT2D eigenvalue weighted by molar-refractivity contribution is 5.77. The number of aliphatic hydroxyl groups excluding tert-OH is 1. The standard InChI is InChI=1S/C14H23N3O3/c1-4-15-12-7-5-8-13(14(12)17(19)20)16(11(2)3)9-6-10-18/h5,7-8,11,15,18H,4,6,9-10H2,1-3H3. The van der Waals surface area contributed by atoms with Crippen molar-refractivity contribution in [3.05, 3.63) is 28.3 Å². The van der Waals surface area contributed by atoms with E-state index in [4.69, 9.17) is 5.11 Å². The van der Waals surface area contributed by atoms with Gasteiger partial charge in [-0.3, -0.25) is 10.1 Å². The Kier molecular flexibility index (Phi) is 6.24. The average molecular weight is 281 g/mol. The van der Waals surface area contributed by atoms with Crippen LogP contribution in [0.1, 0.15) is 27.2 Å². The number of nitro benzene ring substituents is 1. The summed E-state index contributed by atoms with van der Waals surface area (Å²) in [7, 11) is 0. The molecule has 6 heteroatoms. The Morgan fingerprint density at radius 2 is 2.15 bits per heavy atom. The van der Waals surface area contributed by atoms with Crippen LogP contribution in [-0.2, 0) is 0 Å². The molecule has 6 nitrogen and oxygen atoms in total. The van der Waals surface area contributed by atoms with Crippen molar-refractivity contribution in [2.24, 2.45) is 0 Å². The number of nitrogens with one attached hydrogen (secondary N) is 1. The summed E-state index contributed by atoms with van der Waals surface area (Å²) in [5.41, 5.74) is 1.22. The fourth-order valence-corrected chi connectivity index (χ4v) is 2.19. The predicted molar refractivity (Wildman–Crippen MR) is 81.4 cm³/mol. The third kappa shape index (κ3) is 3.84. The predicted octanol–water partition coefficient (Wildman–Crippen LogP) is 2.62. The summed E-state index contributed by atoms with van der Waals surface area (Å²) < 4.78 is 0. The van der Waals surface area contributed by atoms with E-state index in [0.717, 1.165) is 0 Å². The molecule has 0 fully saturated rings. The van der Waals surface area contributed by atoms with Crippen LogP contribution in [0, 0.1) is 10.1 Å². The van der Waals surface area contributed by atoms with Crippen LogP contribution in [0.2, 0.25) is 0 Å². The monoisotopic (exact) mass is 281 g/mol. The molecule has 0 amide bonds. The quantitative estimate of drug-likeness (QED) is 0.565. The summed E-state index contributed by atoms with van der Waals surface area (Å²) >= 11 is 0. The van der Waals surface area contributed by atoms with E-state index in [0.29, 0.717) is 30.9 Å². The first-order chi connectivity index (χ1) is 9.52. The van der Waals surface area contributed by atoms with E-state index in [1.165, 1.54) is 0 Å². The molecular formula is C14H23N3O3. The lowest BCUT2D eigenvalue weighted by Crippen LogP contribution is -2.32. The van der Waals surface area contributed by atoms with E-state index in [1.54, 1.807) is 12.1 Å². The van der Waals surface area contributed by atoms with Crippen LogP contribution in [0.4, 0.5) is 17.1 Å². The summed E-state index contributed by atoms with van der Waals surface area (Å²) in [6, 6.07) is 5.41. The number of hydrogen-bond acceptors (Lipinski definition) is 5. The highest BCUT2D eigenvalue weighted by Crippen LogP contribution is 2.36. The smallest absolute Gasteiger partial charge is 0.315 e. The molecule has 1 rings (SSSR count). The van der Waals surface area contributed by atoms with Gasteiger partial charge in [0, 0.05) is 25.7 Å². The Morgan fingerprint density at radius 1 is 1.45 bits per heavy atom. The molecule has 0 radical (unpaired) electrons. The maximum absolute atomic E-state index is 11.4. The summed E-state index contributed by atoms with van der Waals surface area (Å²) in [4.78, 5) is 13.0. The first-order valence-corrected chi connectivity index (χ1v) is 6.91. The second-order valence-corrected chi connectivity index (χ2v) is 4.83. The average Bonchev–Trinajstić information content (AvgIpc) is 2.39. The molecule has 0 bridgehead atoms. The zero-order valence-corrected chi connectivity index (χ0v) is 12.3. The lowest BCUT2D eigenvalue weighted by Gasteiger charge is -2.29. The molecule has 2 N–H and O–H groups in total. The molecule has 0 atom stereocenters. The van der Waals surface area contributed by atoms with Crippen LogP contribution in [0.25, 0.3) is 0 Å². The van der Waals surface area contributed by atoms with Gasteiger partial charge in [0.25, 0.3) is 0 Å². The number of anilines is 2. The normalized spacial score (nSPS) is 10.7. The first-order valence-electron chi connectivity index (χ1n) is 6.91. The van der Waals surface area contributed by atoms with Gasteiger partial charge in [-0.2, -0.15) is 0 Å². The van der Waals surface area contributed by atoms with E-state index in [-0.39, 0.29) is 23.3 Å². The zero-order chi connectivity index (χ0) is 15.1. The van der Waals surface area contributed by atoms with Gasteiger partial charge in [-0.15, -0.1) is 0 Å². The Balaban J connectivity index is 3.25. The van der Waals surface area contributed by atoms with Gasteiger partial charge < -0.3 is 15.3 Å². The molecule has 1 aromatic carbocycles. The van der Waals surface area contributed by atoms with Gasteiger partial charge in [0.1, 0.15) is 11.4 Å². The minimum atomic E-state index is -0.346. The van der Waals surface area contributed by atoms with Gasteiger partial charge in [0.05, 0.1) is 4.92 Å². The van der Waals surface area contributed by atoms with Crippen LogP contribution < -0.4 is 10.2 Å². The molecule has 0 spiro atoms. The van der Waals surface area contributed by atoms with Gasteiger partial charge in [0.15, 0.2) is 0 Å². The second-order valence-electron chi connectivity index (χ2n) is 4.83. The number of nitro groups is 1. The van der Waals surface area contributed by atoms with E-state index < -0.39 is 0 Å². The molecule has 1 aromatic rings. The van der Waals surface area contributed by atoms with Crippen molar-refractivity contribution in [3.63, 3.8) is 0 Å². The molecule has 0 aliphatic carbocycles. The highest BCUT2D eigenvalue weighted by atomic mass is 16.6. The Bertz CT molecular complexity index is 449. The summed E-state index contributed by atoms with van der Waals surface area (Å²) in [6.07, 6.45) is 0.584. The highest BCUT2D eigenvalue weighted by Gasteiger charge is 2.24. The molecule has 0 saturated carbocycles. The number of hydrogen-bond donors (Lipinski definition) is 2. The van der Waals surface area contributed by atoms with Crippen LogP contribution in [-0.4, -0.2) is 35.8 Å². The molecule has 0 aliphatic heterocycles. The Morgan fingerprint density at radius 3 is 2.65 bits per heavy atom. The van der Waals surface area contributed by atoms with Gasteiger partial charge in [0.2, 0.25) is 0 Å². The fourth-order valence-electron chi connectivity index (χ4n) is 2.19. The maximum Gasteiger partial charge on any atom is 0.315 e. The van der Waals surface area contributed by atoms with Crippen molar-refractivity contribution in [3.8, 4) is 0 Å². The largest absolute Gasteiger partial charge is 0.396 e. The van der Waals surface area contributed by atoms with Gasteiger partial charge in [-0.25, -0.2) is 0 Å². The van der Waals surface area contributed by atoms with Crippen LogP contribution in [0.5, 0.6) is 0 Å². The number of benzene rings is 1. The van der Waals surface area contributed by atoms with Crippen LogP contribution >= 0.6 is 0 Å². The topological polar surface area (TPSA) is 78.6 Å². The summed E-state index contributed by atoms with van der Waals surface area (Å²) in [5.74, 6) is 0. The minimum Gasteiger partial charge on any atom is -0.396 e. The summed E-state index contributed by atoms with van der Waals surface area (Å²) in [5, 5.41) is 23.4. The molecule has 0 heterocycles. The van der Waals surface area contributed by atoms with E-state index >= 15 is 0 Å². The van der Waals surface area contributed by atoms with Crippen molar-refractivity contribution in [1.29, 1.82) is 0 Å².